The van der Waals surface area contributed by atoms with Gasteiger partial charge in [-0.05, 0) is 12.1 Å². The van der Waals surface area contributed by atoms with Gasteiger partial charge in [0.2, 0.25) is 0 Å². The number of H-pyrrole nitrogens is 1. The van der Waals surface area contributed by atoms with E-state index >= 15 is 0 Å². The molecular weight excluding hydrogens is 228 g/mol. The van der Waals surface area contributed by atoms with Crippen molar-refractivity contribution >= 4 is 17.9 Å². The highest BCUT2D eigenvalue weighted by molar-refractivity contribution is 6.33. The van der Waals surface area contributed by atoms with Gasteiger partial charge in [-0.2, -0.15) is 0 Å². The first-order valence-corrected chi connectivity index (χ1v) is 4.88. The molecule has 0 fully saturated rings. The molecule has 0 saturated carbocycles. The summed E-state index contributed by atoms with van der Waals surface area (Å²) in [6.07, 6.45) is 3.41. The zero-order valence-corrected chi connectivity index (χ0v) is 8.86. The number of benzene rings is 1. The zero-order valence-electron chi connectivity index (χ0n) is 8.11. The molecule has 1 aromatic carbocycles. The van der Waals surface area contributed by atoms with E-state index in [9.17, 15) is 9.59 Å². The van der Waals surface area contributed by atoms with Crippen LogP contribution in [-0.4, -0.2) is 16.3 Å². The van der Waals surface area contributed by atoms with E-state index in [1.54, 1.807) is 18.2 Å². The van der Waals surface area contributed by atoms with Gasteiger partial charge in [0, 0.05) is 22.3 Å². The van der Waals surface area contributed by atoms with E-state index in [1.807, 2.05) is 0 Å². The number of hydrogen-bond donors (Lipinski definition) is 1. The Hall–Kier alpha value is -1.94. The van der Waals surface area contributed by atoms with E-state index in [2.05, 4.69) is 9.97 Å². The van der Waals surface area contributed by atoms with E-state index in [1.165, 1.54) is 12.5 Å². The summed E-state index contributed by atoms with van der Waals surface area (Å²) in [6.45, 7) is 0. The van der Waals surface area contributed by atoms with Crippen molar-refractivity contribution in [2.45, 2.75) is 0 Å². The van der Waals surface area contributed by atoms with Gasteiger partial charge >= 0.3 is 0 Å². The average molecular weight is 235 g/mol. The summed E-state index contributed by atoms with van der Waals surface area (Å²) >= 11 is 5.96. The SMILES string of the molecule is O=Cc1ccc(Cl)c(-c2cnc[nH]c2=O)c1. The van der Waals surface area contributed by atoms with Crippen LogP contribution >= 0.6 is 11.6 Å². The molecule has 4 nitrogen and oxygen atoms in total. The van der Waals surface area contributed by atoms with Gasteiger partial charge in [0.1, 0.15) is 6.29 Å². The minimum absolute atomic E-state index is 0.292. The molecule has 0 saturated heterocycles. The highest BCUT2D eigenvalue weighted by Crippen LogP contribution is 2.25. The second kappa shape index (κ2) is 4.28. The molecule has 1 heterocycles. The predicted octanol–water partition coefficient (Wildman–Crippen LogP) is 1.90. The van der Waals surface area contributed by atoms with Gasteiger partial charge in [-0.25, -0.2) is 4.98 Å². The fraction of sp³-hybridized carbons (Fsp3) is 0. The molecule has 0 unspecified atom stereocenters. The minimum atomic E-state index is -0.292. The molecule has 16 heavy (non-hydrogen) atoms. The van der Waals surface area contributed by atoms with E-state index in [-0.39, 0.29) is 5.56 Å². The smallest absolute Gasteiger partial charge is 0.258 e. The molecule has 0 bridgehead atoms. The summed E-state index contributed by atoms with van der Waals surface area (Å²) in [5, 5.41) is 0.407. The monoisotopic (exact) mass is 234 g/mol. The van der Waals surface area contributed by atoms with Crippen molar-refractivity contribution in [3.05, 3.63) is 51.7 Å². The number of nitrogens with zero attached hydrogens (tertiary/aromatic N) is 1. The van der Waals surface area contributed by atoms with E-state index in [4.69, 9.17) is 11.6 Å². The largest absolute Gasteiger partial charge is 0.313 e. The third kappa shape index (κ3) is 1.87. The first kappa shape index (κ1) is 10.6. The molecular formula is C11H7ClN2O2. The Morgan fingerprint density at radius 1 is 1.31 bits per heavy atom. The van der Waals surface area contributed by atoms with Gasteiger partial charge in [0.25, 0.3) is 5.56 Å². The maximum Gasteiger partial charge on any atom is 0.258 e. The van der Waals surface area contributed by atoms with E-state index in [0.717, 1.165) is 0 Å². The van der Waals surface area contributed by atoms with Crippen LogP contribution in [0.2, 0.25) is 5.02 Å². The number of aromatic nitrogens is 2. The lowest BCUT2D eigenvalue weighted by Crippen LogP contribution is -2.08. The number of aromatic amines is 1. The third-order valence-electron chi connectivity index (χ3n) is 2.14. The van der Waals surface area contributed by atoms with Crippen LogP contribution in [0.3, 0.4) is 0 Å². The van der Waals surface area contributed by atoms with Gasteiger partial charge in [-0.3, -0.25) is 9.59 Å². The van der Waals surface area contributed by atoms with Crippen molar-refractivity contribution in [3.63, 3.8) is 0 Å². The van der Waals surface area contributed by atoms with Crippen LogP contribution in [0.25, 0.3) is 11.1 Å². The molecule has 1 N–H and O–H groups in total. The standard InChI is InChI=1S/C11H7ClN2O2/c12-10-2-1-7(5-15)3-8(10)9-4-13-6-14-11(9)16/h1-6H,(H,13,14,16). The summed E-state index contributed by atoms with van der Waals surface area (Å²) in [5.41, 5.74) is 1.01. The van der Waals surface area contributed by atoms with E-state index < -0.39 is 0 Å². The molecule has 0 atom stereocenters. The van der Waals surface area contributed by atoms with Gasteiger partial charge in [0.15, 0.2) is 0 Å². The van der Waals surface area contributed by atoms with E-state index in [0.29, 0.717) is 28.0 Å². The van der Waals surface area contributed by atoms with Crippen LogP contribution in [0.4, 0.5) is 0 Å². The number of halogens is 1. The molecule has 0 aliphatic rings. The Morgan fingerprint density at radius 3 is 2.81 bits per heavy atom. The Bertz CT molecular complexity index is 593. The molecule has 2 aromatic rings. The topological polar surface area (TPSA) is 62.8 Å². The van der Waals surface area contributed by atoms with Gasteiger partial charge < -0.3 is 4.98 Å². The summed E-state index contributed by atoms with van der Waals surface area (Å²) < 4.78 is 0. The zero-order chi connectivity index (χ0) is 11.5. The minimum Gasteiger partial charge on any atom is -0.313 e. The Kier molecular flexibility index (Phi) is 2.83. The Labute approximate surface area is 95.9 Å². The van der Waals surface area contributed by atoms with Gasteiger partial charge in [-0.1, -0.05) is 17.7 Å². The number of carbonyl (C=O) groups is 1. The normalized spacial score (nSPS) is 10.1. The van der Waals surface area contributed by atoms with Crippen molar-refractivity contribution in [1.82, 2.24) is 9.97 Å². The van der Waals surface area contributed by atoms with Crippen molar-refractivity contribution in [2.24, 2.45) is 0 Å². The first-order chi connectivity index (χ1) is 7.72. The third-order valence-corrected chi connectivity index (χ3v) is 2.46. The number of aldehydes is 1. The fourth-order valence-corrected chi connectivity index (χ4v) is 1.58. The molecule has 2 rings (SSSR count). The maximum absolute atomic E-state index is 11.5. The lowest BCUT2D eigenvalue weighted by molar-refractivity contribution is 0.112. The second-order valence-corrected chi connectivity index (χ2v) is 3.56. The summed E-state index contributed by atoms with van der Waals surface area (Å²) in [5.74, 6) is 0. The Balaban J connectivity index is 2.68. The molecule has 0 spiro atoms. The van der Waals surface area contributed by atoms with Crippen LogP contribution < -0.4 is 5.56 Å². The molecule has 5 heteroatoms. The lowest BCUT2D eigenvalue weighted by atomic mass is 10.1. The predicted molar refractivity (Wildman–Crippen MR) is 60.7 cm³/mol. The molecule has 0 aliphatic heterocycles. The molecule has 0 amide bonds. The summed E-state index contributed by atoms with van der Waals surface area (Å²) in [7, 11) is 0. The Morgan fingerprint density at radius 2 is 2.12 bits per heavy atom. The van der Waals surface area contributed by atoms with Crippen LogP contribution in [0, 0.1) is 0 Å². The van der Waals surface area contributed by atoms with Crippen molar-refractivity contribution < 1.29 is 4.79 Å². The molecule has 0 radical (unpaired) electrons. The van der Waals surface area contributed by atoms with Crippen LogP contribution in [0.1, 0.15) is 10.4 Å². The number of carbonyl (C=O) groups excluding carboxylic acids is 1. The lowest BCUT2D eigenvalue weighted by Gasteiger charge is -2.03. The highest BCUT2D eigenvalue weighted by Gasteiger charge is 2.08. The van der Waals surface area contributed by atoms with Crippen LogP contribution in [0.5, 0.6) is 0 Å². The maximum atomic E-state index is 11.5. The number of nitrogens with one attached hydrogen (secondary N) is 1. The highest BCUT2D eigenvalue weighted by atomic mass is 35.5. The van der Waals surface area contributed by atoms with Crippen molar-refractivity contribution in [2.75, 3.05) is 0 Å². The quantitative estimate of drug-likeness (QED) is 0.808. The average Bonchev–Trinajstić information content (AvgIpc) is 2.31. The molecule has 1 aromatic heterocycles. The second-order valence-electron chi connectivity index (χ2n) is 3.15. The number of rotatable bonds is 2. The molecule has 0 aliphatic carbocycles. The van der Waals surface area contributed by atoms with Gasteiger partial charge in [-0.15, -0.1) is 0 Å². The summed E-state index contributed by atoms with van der Waals surface area (Å²) in [6, 6.07) is 4.72. The summed E-state index contributed by atoms with van der Waals surface area (Å²) in [4.78, 5) is 28.4. The molecule has 80 valence electrons. The van der Waals surface area contributed by atoms with Gasteiger partial charge in [0.05, 0.1) is 11.9 Å². The van der Waals surface area contributed by atoms with Crippen molar-refractivity contribution in [3.8, 4) is 11.1 Å². The fourth-order valence-electron chi connectivity index (χ4n) is 1.36. The van der Waals surface area contributed by atoms with Crippen molar-refractivity contribution in [1.29, 1.82) is 0 Å². The van der Waals surface area contributed by atoms with Crippen LogP contribution in [0.15, 0.2) is 35.5 Å². The first-order valence-electron chi connectivity index (χ1n) is 4.50. The number of hydrogen-bond acceptors (Lipinski definition) is 3. The van der Waals surface area contributed by atoms with Crippen LogP contribution in [-0.2, 0) is 0 Å².